The fourth-order valence-corrected chi connectivity index (χ4v) is 4.04. The van der Waals surface area contributed by atoms with Crippen molar-refractivity contribution in [3.63, 3.8) is 0 Å². The first kappa shape index (κ1) is 17.5. The Morgan fingerprint density at radius 2 is 2.12 bits per heavy atom. The number of aromatic nitrogens is 1. The zero-order chi connectivity index (χ0) is 17.6. The van der Waals surface area contributed by atoms with Gasteiger partial charge in [-0.3, -0.25) is 4.79 Å². The fraction of sp³-hybridized carbons (Fsp3) is 0.438. The van der Waals surface area contributed by atoms with E-state index in [0.717, 1.165) is 17.9 Å². The van der Waals surface area contributed by atoms with Crippen LogP contribution in [0.15, 0.2) is 16.8 Å². The van der Waals surface area contributed by atoms with E-state index in [-0.39, 0.29) is 26.6 Å². The highest BCUT2D eigenvalue weighted by Crippen LogP contribution is 2.58. The molecule has 1 fully saturated rings. The highest BCUT2D eigenvalue weighted by Gasteiger charge is 2.50. The molecule has 24 heavy (non-hydrogen) atoms. The van der Waals surface area contributed by atoms with Crippen molar-refractivity contribution in [2.45, 2.75) is 26.7 Å². The molecule has 2 atom stereocenters. The van der Waals surface area contributed by atoms with Crippen molar-refractivity contribution in [3.05, 3.63) is 32.5 Å². The number of nitrogens with two attached hydrogens (primary N) is 1. The van der Waals surface area contributed by atoms with Gasteiger partial charge in [0.05, 0.1) is 16.9 Å². The van der Waals surface area contributed by atoms with Crippen molar-refractivity contribution in [2.75, 3.05) is 5.73 Å². The number of carbonyl (C=O) groups is 1. The molecule has 0 radical (unpaired) electrons. The van der Waals surface area contributed by atoms with Crippen LogP contribution in [0.5, 0.6) is 0 Å². The number of hydrogen-bond donors (Lipinski definition) is 2. The van der Waals surface area contributed by atoms with Gasteiger partial charge in [-0.05, 0) is 35.7 Å². The van der Waals surface area contributed by atoms with E-state index in [1.54, 1.807) is 6.21 Å². The molecule has 1 heterocycles. The van der Waals surface area contributed by atoms with Crippen LogP contribution in [0.4, 0.5) is 5.69 Å². The van der Waals surface area contributed by atoms with Gasteiger partial charge in [-0.25, -0.2) is 10.4 Å². The molecular formula is C16H17Cl3N4O. The number of hydrazone groups is 1. The molecular weight excluding hydrogens is 371 g/mol. The molecule has 0 unspecified atom stereocenters. The average molecular weight is 388 g/mol. The van der Waals surface area contributed by atoms with Crippen molar-refractivity contribution in [2.24, 2.45) is 22.4 Å². The smallest absolute Gasteiger partial charge is 0.291 e. The molecule has 1 aromatic heterocycles. The molecule has 3 aliphatic rings. The van der Waals surface area contributed by atoms with Gasteiger partial charge in [0.15, 0.2) is 10.8 Å². The summed E-state index contributed by atoms with van der Waals surface area (Å²) in [6, 6.07) is 0. The predicted molar refractivity (Wildman–Crippen MR) is 97.7 cm³/mol. The minimum absolute atomic E-state index is 0.0183. The normalized spacial score (nSPS) is 24.5. The highest BCUT2D eigenvalue weighted by atomic mass is 35.5. The van der Waals surface area contributed by atoms with Gasteiger partial charge in [-0.2, -0.15) is 5.10 Å². The number of pyridine rings is 1. The number of allylic oxidation sites excluding steroid dienone is 2. The maximum Gasteiger partial charge on any atom is 0.291 e. The topological polar surface area (TPSA) is 80.4 Å². The average Bonchev–Trinajstić information content (AvgIpc) is 2.56. The summed E-state index contributed by atoms with van der Waals surface area (Å²) in [5.41, 5.74) is 9.47. The molecule has 4 rings (SSSR count). The Morgan fingerprint density at radius 3 is 2.75 bits per heavy atom. The van der Waals surface area contributed by atoms with Crippen LogP contribution < -0.4 is 11.2 Å². The molecule has 3 aliphatic carbocycles. The van der Waals surface area contributed by atoms with E-state index in [9.17, 15) is 4.79 Å². The van der Waals surface area contributed by atoms with E-state index < -0.39 is 5.91 Å². The zero-order valence-corrected chi connectivity index (χ0v) is 15.5. The maximum atomic E-state index is 12.2. The van der Waals surface area contributed by atoms with Crippen LogP contribution in [0.3, 0.4) is 0 Å². The second kappa shape index (κ2) is 6.21. The second-order valence-electron chi connectivity index (χ2n) is 6.74. The lowest BCUT2D eigenvalue weighted by molar-refractivity contribution is -0.00126. The van der Waals surface area contributed by atoms with Crippen LogP contribution in [0.25, 0.3) is 0 Å². The number of fused-ring (bicyclic) bond motifs is 1. The summed E-state index contributed by atoms with van der Waals surface area (Å²) in [6.07, 6.45) is 6.10. The Labute approximate surface area is 155 Å². The van der Waals surface area contributed by atoms with Gasteiger partial charge in [0.25, 0.3) is 5.91 Å². The summed E-state index contributed by atoms with van der Waals surface area (Å²) in [6.45, 7) is 4.54. The standard InChI is InChI=1S/C16H17Cl3N4O/c1-16(2)8-4-3-7(9(16)5-8)6-21-23-15(24)13-10(17)12(20)11(18)14(19)22-13/h3,6,8-9H,4-5H2,1-2H3,(H2,20,22)(H,23,24)/b21-6-/t8-,9-/m0/s1. The second-order valence-corrected chi connectivity index (χ2v) is 7.85. The summed E-state index contributed by atoms with van der Waals surface area (Å²) in [4.78, 5) is 16.1. The largest absolute Gasteiger partial charge is 0.396 e. The number of carbonyl (C=O) groups excluding carboxylic acids is 1. The number of nitrogens with zero attached hydrogens (tertiary/aromatic N) is 2. The number of halogens is 3. The Kier molecular flexibility index (Phi) is 4.53. The molecule has 5 nitrogen and oxygen atoms in total. The SMILES string of the molecule is CC1(C)[C@H]2CC=C(/C=N\NC(=O)c3nc(Cl)c(Cl)c(N)c3Cl)[C@@H]1C2. The van der Waals surface area contributed by atoms with Crippen LogP contribution in [-0.2, 0) is 0 Å². The van der Waals surface area contributed by atoms with E-state index in [1.807, 2.05) is 0 Å². The summed E-state index contributed by atoms with van der Waals surface area (Å²) < 4.78 is 0. The molecule has 128 valence electrons. The first-order valence-electron chi connectivity index (χ1n) is 7.57. The summed E-state index contributed by atoms with van der Waals surface area (Å²) >= 11 is 17.7. The molecule has 0 saturated heterocycles. The maximum absolute atomic E-state index is 12.2. The summed E-state index contributed by atoms with van der Waals surface area (Å²) in [5.74, 6) is 0.638. The number of anilines is 1. The van der Waals surface area contributed by atoms with E-state index in [4.69, 9.17) is 40.5 Å². The van der Waals surface area contributed by atoms with Gasteiger partial charge in [0, 0.05) is 0 Å². The molecule has 0 aromatic carbocycles. The predicted octanol–water partition coefficient (Wildman–Crippen LogP) is 4.33. The minimum atomic E-state index is -0.594. The molecule has 0 spiro atoms. The van der Waals surface area contributed by atoms with Gasteiger partial charge >= 0.3 is 0 Å². The van der Waals surface area contributed by atoms with Crippen molar-refractivity contribution in [1.82, 2.24) is 10.4 Å². The van der Waals surface area contributed by atoms with Crippen molar-refractivity contribution in [1.29, 1.82) is 0 Å². The van der Waals surface area contributed by atoms with Crippen molar-refractivity contribution in [3.8, 4) is 0 Å². The third kappa shape index (κ3) is 2.79. The van der Waals surface area contributed by atoms with E-state index in [2.05, 4.69) is 35.4 Å². The molecule has 2 bridgehead atoms. The molecule has 8 heteroatoms. The van der Waals surface area contributed by atoms with Crippen LogP contribution >= 0.6 is 34.8 Å². The summed E-state index contributed by atoms with van der Waals surface area (Å²) in [7, 11) is 0. The van der Waals surface area contributed by atoms with Gasteiger partial charge in [-0.1, -0.05) is 54.7 Å². The highest BCUT2D eigenvalue weighted by molar-refractivity contribution is 6.46. The lowest BCUT2D eigenvalue weighted by Crippen LogP contribution is -2.48. The van der Waals surface area contributed by atoms with Crippen LogP contribution in [0.2, 0.25) is 15.2 Å². The van der Waals surface area contributed by atoms with Crippen molar-refractivity contribution < 1.29 is 4.79 Å². The Balaban J connectivity index is 1.72. The van der Waals surface area contributed by atoms with E-state index in [0.29, 0.717) is 11.3 Å². The third-order valence-corrected chi connectivity index (χ3v) is 6.31. The molecule has 3 N–H and O–H groups in total. The quantitative estimate of drug-likeness (QED) is 0.460. The van der Waals surface area contributed by atoms with Gasteiger partial charge in [0.1, 0.15) is 5.02 Å². The third-order valence-electron chi connectivity index (χ3n) is 5.18. The number of amides is 1. The Morgan fingerprint density at radius 1 is 1.42 bits per heavy atom. The zero-order valence-electron chi connectivity index (χ0n) is 13.2. The summed E-state index contributed by atoms with van der Waals surface area (Å²) in [5, 5.41) is 3.93. The lowest BCUT2D eigenvalue weighted by Gasteiger charge is -2.55. The van der Waals surface area contributed by atoms with Gasteiger partial charge < -0.3 is 5.73 Å². The molecule has 1 aromatic rings. The molecule has 1 saturated carbocycles. The first-order valence-corrected chi connectivity index (χ1v) is 8.70. The number of nitrogen functional groups attached to an aromatic ring is 1. The van der Waals surface area contributed by atoms with Crippen molar-refractivity contribution >= 4 is 52.6 Å². The monoisotopic (exact) mass is 386 g/mol. The van der Waals surface area contributed by atoms with Crippen LogP contribution in [-0.4, -0.2) is 17.1 Å². The van der Waals surface area contributed by atoms with E-state index >= 15 is 0 Å². The van der Waals surface area contributed by atoms with E-state index in [1.165, 1.54) is 6.42 Å². The number of hydrogen-bond acceptors (Lipinski definition) is 4. The van der Waals surface area contributed by atoms with Crippen LogP contribution in [0, 0.1) is 17.3 Å². The first-order chi connectivity index (χ1) is 11.2. The lowest BCUT2D eigenvalue weighted by atomic mass is 9.49. The number of nitrogens with one attached hydrogen (secondary N) is 1. The minimum Gasteiger partial charge on any atom is -0.396 e. The number of rotatable bonds is 3. The van der Waals surface area contributed by atoms with Gasteiger partial charge in [-0.15, -0.1) is 0 Å². The van der Waals surface area contributed by atoms with Gasteiger partial charge in [0.2, 0.25) is 0 Å². The Hall–Kier alpha value is -1.30. The van der Waals surface area contributed by atoms with Crippen LogP contribution in [0.1, 0.15) is 37.2 Å². The Bertz CT molecular complexity index is 773. The molecule has 1 amide bonds. The molecule has 0 aliphatic heterocycles. The fourth-order valence-electron chi connectivity index (χ4n) is 3.45.